The van der Waals surface area contributed by atoms with E-state index in [1.165, 1.54) is 18.2 Å². The van der Waals surface area contributed by atoms with E-state index >= 15 is 0 Å². The minimum absolute atomic E-state index is 0.0233. The summed E-state index contributed by atoms with van der Waals surface area (Å²) in [4.78, 5) is 14.0. The number of hydrogen-bond acceptors (Lipinski definition) is 4. The summed E-state index contributed by atoms with van der Waals surface area (Å²) in [6.45, 7) is 2.30. The molecule has 0 aliphatic heterocycles. The SMILES string of the molecule is CC(N)Cc1cn(Cc2ccc([N+](=O)[O-])c(F)c2)cn1. The predicted molar refractivity (Wildman–Crippen MR) is 71.7 cm³/mol. The van der Waals surface area contributed by atoms with Gasteiger partial charge in [0.25, 0.3) is 0 Å². The van der Waals surface area contributed by atoms with Crippen molar-refractivity contribution in [2.24, 2.45) is 5.73 Å². The van der Waals surface area contributed by atoms with Gasteiger partial charge in [-0.05, 0) is 18.6 Å². The number of benzene rings is 1. The van der Waals surface area contributed by atoms with Gasteiger partial charge < -0.3 is 10.3 Å². The van der Waals surface area contributed by atoms with Crippen LogP contribution in [0.15, 0.2) is 30.7 Å². The van der Waals surface area contributed by atoms with E-state index in [2.05, 4.69) is 4.98 Å². The lowest BCUT2D eigenvalue weighted by Crippen LogP contribution is -2.17. The highest BCUT2D eigenvalue weighted by Crippen LogP contribution is 2.18. The third kappa shape index (κ3) is 3.39. The fourth-order valence-corrected chi connectivity index (χ4v) is 1.94. The van der Waals surface area contributed by atoms with E-state index in [-0.39, 0.29) is 6.04 Å². The molecule has 1 atom stereocenters. The van der Waals surface area contributed by atoms with Gasteiger partial charge in [-0.3, -0.25) is 10.1 Å². The normalized spacial score (nSPS) is 12.3. The Kier molecular flexibility index (Phi) is 4.09. The van der Waals surface area contributed by atoms with E-state index in [9.17, 15) is 14.5 Å². The summed E-state index contributed by atoms with van der Waals surface area (Å²) in [6, 6.07) is 3.90. The Morgan fingerprint density at radius 1 is 1.55 bits per heavy atom. The third-order valence-electron chi connectivity index (χ3n) is 2.79. The number of hydrogen-bond donors (Lipinski definition) is 1. The number of nitro groups is 1. The minimum Gasteiger partial charge on any atom is -0.333 e. The second-order valence-electron chi connectivity index (χ2n) is 4.76. The second-order valence-corrected chi connectivity index (χ2v) is 4.76. The third-order valence-corrected chi connectivity index (χ3v) is 2.79. The van der Waals surface area contributed by atoms with Crippen LogP contribution in [0.4, 0.5) is 10.1 Å². The van der Waals surface area contributed by atoms with Gasteiger partial charge in [0.05, 0.1) is 16.9 Å². The Balaban J connectivity index is 2.12. The van der Waals surface area contributed by atoms with E-state index in [1.807, 2.05) is 13.1 Å². The highest BCUT2D eigenvalue weighted by Gasteiger charge is 2.13. The smallest absolute Gasteiger partial charge is 0.304 e. The number of aromatic nitrogens is 2. The molecule has 1 unspecified atom stereocenters. The molecule has 0 amide bonds. The number of imidazole rings is 1. The molecule has 2 aromatic rings. The number of rotatable bonds is 5. The molecule has 0 aliphatic carbocycles. The molecule has 7 heteroatoms. The standard InChI is InChI=1S/C13H15FN4O2/c1-9(15)4-11-7-17(8-16-11)6-10-2-3-13(18(19)20)12(14)5-10/h2-3,5,7-9H,4,6,15H2,1H3. The zero-order valence-electron chi connectivity index (χ0n) is 11.0. The summed E-state index contributed by atoms with van der Waals surface area (Å²) in [5.41, 5.74) is 6.67. The summed E-state index contributed by atoms with van der Waals surface area (Å²) >= 11 is 0. The number of nitrogens with two attached hydrogens (primary N) is 1. The number of nitro benzene ring substituents is 1. The van der Waals surface area contributed by atoms with E-state index < -0.39 is 16.4 Å². The molecule has 0 fully saturated rings. The molecule has 0 saturated heterocycles. The summed E-state index contributed by atoms with van der Waals surface area (Å²) < 4.78 is 15.3. The molecule has 106 valence electrons. The molecule has 0 spiro atoms. The van der Waals surface area contributed by atoms with Gasteiger partial charge in [-0.1, -0.05) is 6.07 Å². The number of halogens is 1. The van der Waals surface area contributed by atoms with E-state index in [1.54, 1.807) is 10.9 Å². The van der Waals surface area contributed by atoms with Crippen molar-refractivity contribution in [2.75, 3.05) is 0 Å². The maximum atomic E-state index is 13.5. The molecular weight excluding hydrogens is 263 g/mol. The average molecular weight is 278 g/mol. The van der Waals surface area contributed by atoms with Crippen LogP contribution in [0, 0.1) is 15.9 Å². The average Bonchev–Trinajstić information content (AvgIpc) is 2.75. The van der Waals surface area contributed by atoms with Crippen molar-refractivity contribution in [2.45, 2.75) is 25.9 Å². The lowest BCUT2D eigenvalue weighted by atomic mass is 10.2. The quantitative estimate of drug-likeness (QED) is 0.668. The van der Waals surface area contributed by atoms with Gasteiger partial charge in [-0.15, -0.1) is 0 Å². The van der Waals surface area contributed by atoms with Crippen molar-refractivity contribution in [1.29, 1.82) is 0 Å². The highest BCUT2D eigenvalue weighted by molar-refractivity contribution is 5.35. The predicted octanol–water partition coefficient (Wildman–Crippen LogP) is 1.87. The molecule has 1 aromatic carbocycles. The first-order chi connectivity index (χ1) is 9.45. The van der Waals surface area contributed by atoms with Crippen LogP contribution in [0.2, 0.25) is 0 Å². The molecular formula is C13H15FN4O2. The Morgan fingerprint density at radius 3 is 2.90 bits per heavy atom. The molecule has 0 saturated carbocycles. The first-order valence-electron chi connectivity index (χ1n) is 6.14. The van der Waals surface area contributed by atoms with Gasteiger partial charge in [0.1, 0.15) is 0 Å². The zero-order chi connectivity index (χ0) is 14.7. The Labute approximate surface area is 115 Å². The molecule has 20 heavy (non-hydrogen) atoms. The summed E-state index contributed by atoms with van der Waals surface area (Å²) in [5.74, 6) is -0.830. The van der Waals surface area contributed by atoms with Gasteiger partial charge in [-0.25, -0.2) is 4.98 Å². The van der Waals surface area contributed by atoms with Crippen LogP contribution in [0.25, 0.3) is 0 Å². The van der Waals surface area contributed by atoms with Gasteiger partial charge in [0.15, 0.2) is 0 Å². The van der Waals surface area contributed by atoms with Crippen molar-refractivity contribution in [3.63, 3.8) is 0 Å². The van der Waals surface area contributed by atoms with Crippen molar-refractivity contribution in [3.8, 4) is 0 Å². The molecule has 0 bridgehead atoms. The van der Waals surface area contributed by atoms with Crippen LogP contribution in [0.5, 0.6) is 0 Å². The Hall–Kier alpha value is -2.28. The molecule has 6 nitrogen and oxygen atoms in total. The molecule has 1 aromatic heterocycles. The molecule has 1 heterocycles. The van der Waals surface area contributed by atoms with Crippen LogP contribution in [-0.4, -0.2) is 20.5 Å². The second kappa shape index (κ2) is 5.79. The molecule has 2 N–H and O–H groups in total. The zero-order valence-corrected chi connectivity index (χ0v) is 11.0. The van der Waals surface area contributed by atoms with Gasteiger partial charge in [-0.2, -0.15) is 4.39 Å². The van der Waals surface area contributed by atoms with Gasteiger partial charge in [0, 0.05) is 31.3 Å². The fraction of sp³-hybridized carbons (Fsp3) is 0.308. The molecule has 0 aliphatic rings. The maximum absolute atomic E-state index is 13.5. The first-order valence-corrected chi connectivity index (χ1v) is 6.14. The Morgan fingerprint density at radius 2 is 2.30 bits per heavy atom. The Bertz CT molecular complexity index is 625. The van der Waals surface area contributed by atoms with E-state index in [4.69, 9.17) is 5.73 Å². The van der Waals surface area contributed by atoms with Crippen LogP contribution in [0.3, 0.4) is 0 Å². The molecule has 2 rings (SSSR count). The van der Waals surface area contributed by atoms with E-state index in [0.29, 0.717) is 18.5 Å². The maximum Gasteiger partial charge on any atom is 0.304 e. The minimum atomic E-state index is -0.830. The van der Waals surface area contributed by atoms with Crippen molar-refractivity contribution >= 4 is 5.69 Å². The first kappa shape index (κ1) is 14.1. The van der Waals surface area contributed by atoms with Crippen LogP contribution >= 0.6 is 0 Å². The summed E-state index contributed by atoms with van der Waals surface area (Å²) in [6.07, 6.45) is 4.14. The lowest BCUT2D eigenvalue weighted by molar-refractivity contribution is -0.387. The number of nitrogens with zero attached hydrogens (tertiary/aromatic N) is 3. The summed E-state index contributed by atoms with van der Waals surface area (Å²) in [7, 11) is 0. The fourth-order valence-electron chi connectivity index (χ4n) is 1.94. The van der Waals surface area contributed by atoms with Crippen LogP contribution < -0.4 is 5.73 Å². The molecule has 0 radical (unpaired) electrons. The monoisotopic (exact) mass is 278 g/mol. The van der Waals surface area contributed by atoms with Crippen molar-refractivity contribution in [3.05, 3.63) is 57.9 Å². The lowest BCUT2D eigenvalue weighted by Gasteiger charge is -2.03. The highest BCUT2D eigenvalue weighted by atomic mass is 19.1. The topological polar surface area (TPSA) is 87.0 Å². The summed E-state index contributed by atoms with van der Waals surface area (Å²) in [5, 5.41) is 10.5. The largest absolute Gasteiger partial charge is 0.333 e. The van der Waals surface area contributed by atoms with Crippen molar-refractivity contribution in [1.82, 2.24) is 9.55 Å². The van der Waals surface area contributed by atoms with Gasteiger partial charge in [0.2, 0.25) is 5.82 Å². The van der Waals surface area contributed by atoms with Crippen LogP contribution in [0.1, 0.15) is 18.2 Å². The van der Waals surface area contributed by atoms with Crippen molar-refractivity contribution < 1.29 is 9.31 Å². The van der Waals surface area contributed by atoms with E-state index in [0.717, 1.165) is 5.69 Å². The van der Waals surface area contributed by atoms with Crippen LogP contribution in [-0.2, 0) is 13.0 Å². The van der Waals surface area contributed by atoms with Gasteiger partial charge >= 0.3 is 5.69 Å².